The number of rotatable bonds is 5. The fourth-order valence-corrected chi connectivity index (χ4v) is 4.53. The van der Waals surface area contributed by atoms with E-state index < -0.39 is 0 Å². The summed E-state index contributed by atoms with van der Waals surface area (Å²) in [5.41, 5.74) is 2.95. The monoisotopic (exact) mass is 290 g/mol. The van der Waals surface area contributed by atoms with Crippen LogP contribution in [0.1, 0.15) is 25.7 Å². The molecule has 0 radical (unpaired) electrons. The van der Waals surface area contributed by atoms with Crippen molar-refractivity contribution >= 4 is 11.8 Å². The molecule has 2 aliphatic rings. The molecule has 3 N–H and O–H groups in total. The van der Waals surface area contributed by atoms with Crippen LogP contribution in [-0.4, -0.2) is 50.3 Å². The Balaban J connectivity index is 2.02. The van der Waals surface area contributed by atoms with Gasteiger partial charge in [0.15, 0.2) is 6.29 Å². The van der Waals surface area contributed by atoms with Crippen LogP contribution in [0.3, 0.4) is 0 Å². The van der Waals surface area contributed by atoms with E-state index in [4.69, 9.17) is 20.1 Å². The van der Waals surface area contributed by atoms with Gasteiger partial charge < -0.3 is 14.2 Å². The van der Waals surface area contributed by atoms with Crippen molar-refractivity contribution in [3.63, 3.8) is 0 Å². The molecule has 0 bridgehead atoms. The average Bonchev–Trinajstić information content (AvgIpc) is 2.45. The van der Waals surface area contributed by atoms with Crippen LogP contribution in [0.15, 0.2) is 0 Å². The van der Waals surface area contributed by atoms with Crippen molar-refractivity contribution < 1.29 is 14.2 Å². The molecule has 1 spiro atoms. The van der Waals surface area contributed by atoms with Crippen LogP contribution >= 0.6 is 11.8 Å². The second-order valence-corrected chi connectivity index (χ2v) is 6.65. The highest BCUT2D eigenvalue weighted by Gasteiger charge is 2.42. The molecule has 0 aromatic heterocycles. The van der Waals surface area contributed by atoms with E-state index in [1.807, 2.05) is 11.8 Å². The van der Waals surface area contributed by atoms with Gasteiger partial charge in [0.1, 0.15) is 0 Å². The lowest BCUT2D eigenvalue weighted by atomic mass is 9.78. The molecule has 19 heavy (non-hydrogen) atoms. The summed E-state index contributed by atoms with van der Waals surface area (Å²) < 4.78 is 16.9. The first-order chi connectivity index (χ1) is 9.24. The number of hydrogen-bond donors (Lipinski definition) is 2. The van der Waals surface area contributed by atoms with Gasteiger partial charge in [-0.15, -0.1) is 0 Å². The largest absolute Gasteiger partial charge is 0.375 e. The Bertz CT molecular complexity index is 265. The van der Waals surface area contributed by atoms with Crippen LogP contribution in [0, 0.1) is 5.92 Å². The predicted octanol–water partition coefficient (Wildman–Crippen LogP) is 1.13. The van der Waals surface area contributed by atoms with Crippen molar-refractivity contribution in [3.05, 3.63) is 0 Å². The van der Waals surface area contributed by atoms with Crippen molar-refractivity contribution in [2.75, 3.05) is 32.3 Å². The zero-order valence-electron chi connectivity index (χ0n) is 11.9. The molecule has 112 valence electrons. The van der Waals surface area contributed by atoms with E-state index in [1.165, 1.54) is 11.5 Å². The van der Waals surface area contributed by atoms with E-state index in [0.29, 0.717) is 5.92 Å². The lowest BCUT2D eigenvalue weighted by molar-refractivity contribution is -0.160. The van der Waals surface area contributed by atoms with Gasteiger partial charge in [0.2, 0.25) is 0 Å². The van der Waals surface area contributed by atoms with Crippen molar-refractivity contribution in [1.82, 2.24) is 5.43 Å². The lowest BCUT2D eigenvalue weighted by Gasteiger charge is -2.46. The maximum Gasteiger partial charge on any atom is 0.173 e. The summed E-state index contributed by atoms with van der Waals surface area (Å²) in [7, 11) is 3.32. The van der Waals surface area contributed by atoms with Gasteiger partial charge in [-0.05, 0) is 43.1 Å². The fourth-order valence-electron chi connectivity index (χ4n) is 3.29. The minimum absolute atomic E-state index is 0.0188. The van der Waals surface area contributed by atoms with E-state index in [-0.39, 0.29) is 17.9 Å². The van der Waals surface area contributed by atoms with E-state index in [2.05, 4.69) is 5.43 Å². The molecule has 0 aliphatic carbocycles. The molecule has 2 unspecified atom stereocenters. The van der Waals surface area contributed by atoms with Crippen LogP contribution in [0.4, 0.5) is 0 Å². The lowest BCUT2D eigenvalue weighted by Crippen LogP contribution is -2.55. The van der Waals surface area contributed by atoms with E-state index in [0.717, 1.165) is 32.3 Å². The van der Waals surface area contributed by atoms with Crippen LogP contribution in [0.25, 0.3) is 0 Å². The molecule has 2 saturated heterocycles. The Kier molecular flexibility index (Phi) is 5.92. The van der Waals surface area contributed by atoms with Gasteiger partial charge >= 0.3 is 0 Å². The topological polar surface area (TPSA) is 65.7 Å². The normalized spacial score (nSPS) is 28.7. The third-order valence-electron chi connectivity index (χ3n) is 4.39. The highest BCUT2D eigenvalue weighted by Crippen LogP contribution is 2.41. The highest BCUT2D eigenvalue weighted by molar-refractivity contribution is 7.99. The maximum absolute atomic E-state index is 6.11. The first-order valence-electron chi connectivity index (χ1n) is 6.98. The first-order valence-corrected chi connectivity index (χ1v) is 8.13. The SMILES string of the molecule is COC(OC)C(NN)C1CCOC2(CCSCC2)C1. The first kappa shape index (κ1) is 15.5. The average molecular weight is 290 g/mol. The summed E-state index contributed by atoms with van der Waals surface area (Å²) in [5, 5.41) is 0. The van der Waals surface area contributed by atoms with Crippen molar-refractivity contribution in [1.29, 1.82) is 0 Å². The number of hydrazine groups is 1. The molecule has 5 nitrogen and oxygen atoms in total. The van der Waals surface area contributed by atoms with E-state index in [9.17, 15) is 0 Å². The third kappa shape index (κ3) is 3.62. The zero-order chi connectivity index (χ0) is 13.7. The molecule has 6 heteroatoms. The maximum atomic E-state index is 6.11. The zero-order valence-corrected chi connectivity index (χ0v) is 12.7. The van der Waals surface area contributed by atoms with Crippen LogP contribution in [-0.2, 0) is 14.2 Å². The van der Waals surface area contributed by atoms with Gasteiger partial charge in [-0.1, -0.05) is 0 Å². The molecule has 2 rings (SSSR count). The van der Waals surface area contributed by atoms with Gasteiger partial charge in [0.05, 0.1) is 11.6 Å². The Morgan fingerprint density at radius 3 is 2.58 bits per heavy atom. The highest BCUT2D eigenvalue weighted by atomic mass is 32.2. The summed E-state index contributed by atoms with van der Waals surface area (Å²) >= 11 is 2.02. The number of nitrogens with two attached hydrogens (primary N) is 1. The van der Waals surface area contributed by atoms with Gasteiger partial charge in [-0.25, -0.2) is 0 Å². The van der Waals surface area contributed by atoms with E-state index >= 15 is 0 Å². The summed E-state index contributed by atoms with van der Waals surface area (Å²) in [6.07, 6.45) is 4.05. The molecule has 0 aromatic rings. The fraction of sp³-hybridized carbons (Fsp3) is 1.00. The smallest absolute Gasteiger partial charge is 0.173 e. The van der Waals surface area contributed by atoms with Gasteiger partial charge in [-0.3, -0.25) is 11.3 Å². The van der Waals surface area contributed by atoms with E-state index in [1.54, 1.807) is 14.2 Å². The standard InChI is InChI=1S/C13H26N2O3S/c1-16-12(17-2)11(15-14)10-3-6-18-13(9-10)4-7-19-8-5-13/h10-12,15H,3-9,14H2,1-2H3. The molecular weight excluding hydrogens is 264 g/mol. The van der Waals surface area contributed by atoms with Crippen molar-refractivity contribution in [2.45, 2.75) is 43.6 Å². The Labute approximate surface area is 119 Å². The molecule has 0 aromatic carbocycles. The predicted molar refractivity (Wildman–Crippen MR) is 76.9 cm³/mol. The molecule has 2 aliphatic heterocycles. The summed E-state index contributed by atoms with van der Waals surface area (Å²) in [6.45, 7) is 0.813. The number of nitrogens with one attached hydrogen (secondary N) is 1. The van der Waals surface area contributed by atoms with Crippen LogP contribution < -0.4 is 11.3 Å². The Morgan fingerprint density at radius 1 is 1.32 bits per heavy atom. The second kappa shape index (κ2) is 7.24. The number of ether oxygens (including phenoxy) is 3. The van der Waals surface area contributed by atoms with Gasteiger partial charge in [0, 0.05) is 20.8 Å². The van der Waals surface area contributed by atoms with Gasteiger partial charge in [0.25, 0.3) is 0 Å². The Hall–Kier alpha value is 0.150. The Morgan fingerprint density at radius 2 is 2.00 bits per heavy atom. The third-order valence-corrected chi connectivity index (χ3v) is 5.38. The minimum Gasteiger partial charge on any atom is -0.375 e. The molecule has 2 heterocycles. The molecular formula is C13H26N2O3S. The van der Waals surface area contributed by atoms with Crippen LogP contribution in [0.2, 0.25) is 0 Å². The second-order valence-electron chi connectivity index (χ2n) is 5.43. The minimum atomic E-state index is -0.303. The molecule has 0 saturated carbocycles. The van der Waals surface area contributed by atoms with Crippen molar-refractivity contribution in [2.24, 2.45) is 11.8 Å². The quantitative estimate of drug-likeness (QED) is 0.449. The molecule has 2 fully saturated rings. The summed E-state index contributed by atoms with van der Waals surface area (Å²) in [6, 6.07) is 0.0188. The number of methoxy groups -OCH3 is 2. The van der Waals surface area contributed by atoms with Gasteiger partial charge in [-0.2, -0.15) is 11.8 Å². The summed E-state index contributed by atoms with van der Waals surface area (Å²) in [4.78, 5) is 0. The van der Waals surface area contributed by atoms with Crippen LogP contribution in [0.5, 0.6) is 0 Å². The summed E-state index contributed by atoms with van der Waals surface area (Å²) in [5.74, 6) is 8.56. The number of hydrogen-bond acceptors (Lipinski definition) is 6. The van der Waals surface area contributed by atoms with Crippen molar-refractivity contribution in [3.8, 4) is 0 Å². The number of thioether (sulfide) groups is 1. The molecule has 2 atom stereocenters. The molecule has 0 amide bonds.